The third-order valence-corrected chi connectivity index (χ3v) is 5.08. The first-order chi connectivity index (χ1) is 12.6. The molecular weight excluding hydrogens is 330 g/mol. The molecule has 0 N–H and O–H groups in total. The van der Waals surface area contributed by atoms with E-state index in [9.17, 15) is 9.59 Å². The Morgan fingerprint density at radius 1 is 1.23 bits per heavy atom. The third-order valence-electron chi connectivity index (χ3n) is 5.08. The number of hydrogen-bond acceptors (Lipinski definition) is 4. The third kappa shape index (κ3) is 4.25. The molecule has 0 aliphatic carbocycles. The molecule has 0 aromatic heterocycles. The number of morpholine rings is 1. The van der Waals surface area contributed by atoms with Crippen LogP contribution in [-0.4, -0.2) is 73.6 Å². The van der Waals surface area contributed by atoms with Gasteiger partial charge in [0.05, 0.1) is 19.6 Å². The number of nitrogens with zero attached hydrogens (tertiary/aromatic N) is 3. The van der Waals surface area contributed by atoms with E-state index in [1.165, 1.54) is 6.08 Å². The first kappa shape index (κ1) is 18.5. The molecule has 2 fully saturated rings. The van der Waals surface area contributed by atoms with Crippen molar-refractivity contribution in [1.29, 1.82) is 0 Å². The lowest BCUT2D eigenvalue weighted by Crippen LogP contribution is -2.55. The molecule has 0 radical (unpaired) electrons. The SMILES string of the molecule is C=CC(=O)N1CCN(C(=O)Cc2cccc(N3CCOCC3)c2)[C@@H](C)C1. The van der Waals surface area contributed by atoms with Crippen molar-refractivity contribution in [1.82, 2.24) is 9.80 Å². The molecular formula is C20H27N3O3. The highest BCUT2D eigenvalue weighted by molar-refractivity contribution is 5.87. The van der Waals surface area contributed by atoms with Gasteiger partial charge in [0.15, 0.2) is 0 Å². The number of amides is 2. The van der Waals surface area contributed by atoms with Gasteiger partial charge in [0.2, 0.25) is 11.8 Å². The minimum Gasteiger partial charge on any atom is -0.378 e. The molecule has 0 bridgehead atoms. The van der Waals surface area contributed by atoms with Gasteiger partial charge in [0, 0.05) is 44.5 Å². The number of carbonyl (C=O) groups excluding carboxylic acids is 2. The van der Waals surface area contributed by atoms with Gasteiger partial charge in [-0.15, -0.1) is 0 Å². The maximum atomic E-state index is 12.8. The molecule has 0 saturated carbocycles. The van der Waals surface area contributed by atoms with E-state index in [-0.39, 0.29) is 17.9 Å². The molecule has 140 valence electrons. The zero-order chi connectivity index (χ0) is 18.5. The Bertz CT molecular complexity index is 670. The van der Waals surface area contributed by atoms with Gasteiger partial charge in [-0.3, -0.25) is 9.59 Å². The molecule has 26 heavy (non-hydrogen) atoms. The summed E-state index contributed by atoms with van der Waals surface area (Å²) in [6, 6.07) is 8.22. The number of piperazine rings is 1. The first-order valence-corrected chi connectivity index (χ1v) is 9.21. The van der Waals surface area contributed by atoms with Crippen molar-refractivity contribution < 1.29 is 14.3 Å². The standard InChI is InChI=1S/C20H27N3O3/c1-3-19(24)22-7-8-23(16(2)15-22)20(25)14-17-5-4-6-18(13-17)21-9-11-26-12-10-21/h3-6,13,16H,1,7-12,14-15H2,2H3/t16-/m0/s1. The fraction of sp³-hybridized carbons (Fsp3) is 0.500. The lowest BCUT2D eigenvalue weighted by molar-refractivity contribution is -0.139. The van der Waals surface area contributed by atoms with E-state index >= 15 is 0 Å². The molecule has 3 rings (SSSR count). The lowest BCUT2D eigenvalue weighted by Gasteiger charge is -2.39. The van der Waals surface area contributed by atoms with Crippen LogP contribution in [0, 0.1) is 0 Å². The predicted molar refractivity (Wildman–Crippen MR) is 101 cm³/mol. The van der Waals surface area contributed by atoms with Gasteiger partial charge in [-0.05, 0) is 30.7 Å². The monoisotopic (exact) mass is 357 g/mol. The van der Waals surface area contributed by atoms with Crippen LogP contribution in [0.2, 0.25) is 0 Å². The Kier molecular flexibility index (Phi) is 5.93. The smallest absolute Gasteiger partial charge is 0.246 e. The highest BCUT2D eigenvalue weighted by atomic mass is 16.5. The molecule has 0 unspecified atom stereocenters. The highest BCUT2D eigenvalue weighted by Gasteiger charge is 2.28. The van der Waals surface area contributed by atoms with Gasteiger partial charge in [-0.1, -0.05) is 18.7 Å². The molecule has 2 amide bonds. The molecule has 1 atom stereocenters. The number of rotatable bonds is 4. The van der Waals surface area contributed by atoms with Gasteiger partial charge in [-0.2, -0.15) is 0 Å². The van der Waals surface area contributed by atoms with Crippen molar-refractivity contribution in [3.8, 4) is 0 Å². The summed E-state index contributed by atoms with van der Waals surface area (Å²) in [4.78, 5) is 30.5. The van der Waals surface area contributed by atoms with Crippen molar-refractivity contribution in [3.05, 3.63) is 42.5 Å². The molecule has 2 aliphatic rings. The molecule has 6 heteroatoms. The summed E-state index contributed by atoms with van der Waals surface area (Å²) in [6.45, 7) is 10.5. The van der Waals surface area contributed by atoms with Crippen LogP contribution < -0.4 is 4.90 Å². The van der Waals surface area contributed by atoms with E-state index in [0.717, 1.165) is 37.6 Å². The fourth-order valence-electron chi connectivity index (χ4n) is 3.62. The normalized spacial score (nSPS) is 20.8. The summed E-state index contributed by atoms with van der Waals surface area (Å²) in [6.07, 6.45) is 1.72. The number of anilines is 1. The summed E-state index contributed by atoms with van der Waals surface area (Å²) in [5.74, 6) is 0.0458. The second-order valence-corrected chi connectivity index (χ2v) is 6.87. The molecule has 1 aromatic carbocycles. The molecule has 0 spiro atoms. The second kappa shape index (κ2) is 8.36. The Morgan fingerprint density at radius 2 is 2.00 bits per heavy atom. The summed E-state index contributed by atoms with van der Waals surface area (Å²) in [7, 11) is 0. The summed E-state index contributed by atoms with van der Waals surface area (Å²) >= 11 is 0. The molecule has 2 aliphatic heterocycles. The van der Waals surface area contributed by atoms with Gasteiger partial charge in [0.25, 0.3) is 0 Å². The van der Waals surface area contributed by atoms with Crippen LogP contribution in [0.4, 0.5) is 5.69 Å². The van der Waals surface area contributed by atoms with Crippen LogP contribution in [-0.2, 0) is 20.7 Å². The Balaban J connectivity index is 1.61. The highest BCUT2D eigenvalue weighted by Crippen LogP contribution is 2.19. The number of hydrogen-bond donors (Lipinski definition) is 0. The van der Waals surface area contributed by atoms with Crippen LogP contribution in [0.3, 0.4) is 0 Å². The van der Waals surface area contributed by atoms with E-state index in [1.54, 1.807) is 4.90 Å². The maximum Gasteiger partial charge on any atom is 0.246 e. The topological polar surface area (TPSA) is 53.1 Å². The molecule has 1 aromatic rings. The van der Waals surface area contributed by atoms with Crippen molar-refractivity contribution in [2.24, 2.45) is 0 Å². The van der Waals surface area contributed by atoms with Crippen LogP contribution in [0.15, 0.2) is 36.9 Å². The lowest BCUT2D eigenvalue weighted by atomic mass is 10.1. The van der Waals surface area contributed by atoms with Gasteiger partial charge in [0.1, 0.15) is 0 Å². The first-order valence-electron chi connectivity index (χ1n) is 9.21. The van der Waals surface area contributed by atoms with E-state index in [1.807, 2.05) is 24.0 Å². The minimum atomic E-state index is -0.0674. The second-order valence-electron chi connectivity index (χ2n) is 6.87. The summed E-state index contributed by atoms with van der Waals surface area (Å²) in [5, 5.41) is 0. The summed E-state index contributed by atoms with van der Waals surface area (Å²) < 4.78 is 5.40. The zero-order valence-corrected chi connectivity index (χ0v) is 15.4. The number of benzene rings is 1. The van der Waals surface area contributed by atoms with Crippen molar-refractivity contribution in [3.63, 3.8) is 0 Å². The van der Waals surface area contributed by atoms with E-state index in [2.05, 4.69) is 23.6 Å². The minimum absolute atomic E-state index is 0.0163. The Hall–Kier alpha value is -2.34. The Morgan fingerprint density at radius 3 is 2.69 bits per heavy atom. The Labute approximate surface area is 155 Å². The zero-order valence-electron chi connectivity index (χ0n) is 15.4. The van der Waals surface area contributed by atoms with Gasteiger partial charge >= 0.3 is 0 Å². The van der Waals surface area contributed by atoms with Crippen molar-refractivity contribution >= 4 is 17.5 Å². The predicted octanol–water partition coefficient (Wildman–Crippen LogP) is 1.31. The fourth-order valence-corrected chi connectivity index (χ4v) is 3.62. The largest absolute Gasteiger partial charge is 0.378 e. The molecule has 2 saturated heterocycles. The molecule has 6 nitrogen and oxygen atoms in total. The van der Waals surface area contributed by atoms with E-state index in [4.69, 9.17) is 4.74 Å². The average molecular weight is 357 g/mol. The van der Waals surface area contributed by atoms with Crippen LogP contribution in [0.5, 0.6) is 0 Å². The quantitative estimate of drug-likeness (QED) is 0.763. The molecule has 2 heterocycles. The van der Waals surface area contributed by atoms with Crippen LogP contribution in [0.1, 0.15) is 12.5 Å². The van der Waals surface area contributed by atoms with E-state index < -0.39 is 0 Å². The number of ether oxygens (including phenoxy) is 1. The van der Waals surface area contributed by atoms with Crippen LogP contribution >= 0.6 is 0 Å². The number of carbonyl (C=O) groups is 2. The van der Waals surface area contributed by atoms with Gasteiger partial charge < -0.3 is 19.4 Å². The van der Waals surface area contributed by atoms with Gasteiger partial charge in [-0.25, -0.2) is 0 Å². The maximum absolute atomic E-state index is 12.8. The van der Waals surface area contributed by atoms with E-state index in [0.29, 0.717) is 26.1 Å². The van der Waals surface area contributed by atoms with Crippen LogP contribution in [0.25, 0.3) is 0 Å². The summed E-state index contributed by atoms with van der Waals surface area (Å²) in [5.41, 5.74) is 2.17. The average Bonchev–Trinajstić information content (AvgIpc) is 2.68. The van der Waals surface area contributed by atoms with Crippen molar-refractivity contribution in [2.45, 2.75) is 19.4 Å². The van der Waals surface area contributed by atoms with Crippen molar-refractivity contribution in [2.75, 3.05) is 50.8 Å².